The highest BCUT2D eigenvalue weighted by molar-refractivity contribution is 7.99. The molecule has 0 aromatic heterocycles. The van der Waals surface area contributed by atoms with Gasteiger partial charge in [-0.3, -0.25) is 4.79 Å². The Kier molecular flexibility index (Phi) is 9.37. The summed E-state index contributed by atoms with van der Waals surface area (Å²) in [7, 11) is 0. The van der Waals surface area contributed by atoms with Crippen LogP contribution in [0.2, 0.25) is 0 Å². The summed E-state index contributed by atoms with van der Waals surface area (Å²) in [6.07, 6.45) is 4.74. The number of nitrogens with zero attached hydrogens (tertiary/aromatic N) is 1. The molecule has 2 atom stereocenters. The van der Waals surface area contributed by atoms with Crippen molar-refractivity contribution in [2.45, 2.75) is 71.5 Å². The van der Waals surface area contributed by atoms with Gasteiger partial charge in [0.15, 0.2) is 5.78 Å². The number of aliphatic hydroxyl groups is 1. The highest BCUT2D eigenvalue weighted by atomic mass is 32.2. The van der Waals surface area contributed by atoms with Gasteiger partial charge in [-0.05, 0) is 37.9 Å². The molecule has 0 aliphatic heterocycles. The summed E-state index contributed by atoms with van der Waals surface area (Å²) in [5.41, 5.74) is 1.01. The number of hydrogen-bond acceptors (Lipinski definition) is 5. The van der Waals surface area contributed by atoms with Crippen LogP contribution in [-0.2, 0) is 9.63 Å². The molecule has 0 aromatic carbocycles. The first-order chi connectivity index (χ1) is 11.0. The van der Waals surface area contributed by atoms with E-state index < -0.39 is 0 Å². The van der Waals surface area contributed by atoms with Crippen molar-refractivity contribution in [1.29, 1.82) is 0 Å². The third-order valence-electron chi connectivity index (χ3n) is 3.87. The maximum absolute atomic E-state index is 12.5. The normalized spacial score (nSPS) is 20.8. The SMILES string of the molecule is CCCSC(C)CC1CC(=O)C(/C(CCC)=N/OCC)=C(O)C1. The van der Waals surface area contributed by atoms with Crippen LogP contribution >= 0.6 is 11.8 Å². The van der Waals surface area contributed by atoms with Crippen molar-refractivity contribution >= 4 is 23.3 Å². The number of carbonyl (C=O) groups is 1. The first kappa shape index (κ1) is 20.1. The van der Waals surface area contributed by atoms with E-state index in [-0.39, 0.29) is 17.5 Å². The molecule has 1 aliphatic rings. The van der Waals surface area contributed by atoms with E-state index in [0.717, 1.165) is 18.6 Å². The van der Waals surface area contributed by atoms with E-state index in [9.17, 15) is 9.90 Å². The van der Waals surface area contributed by atoms with Crippen molar-refractivity contribution in [3.63, 3.8) is 0 Å². The number of thioether (sulfide) groups is 1. The lowest BCUT2D eigenvalue weighted by molar-refractivity contribution is -0.116. The topological polar surface area (TPSA) is 58.9 Å². The lowest BCUT2D eigenvalue weighted by Gasteiger charge is -2.26. The minimum atomic E-state index is 0.0124. The smallest absolute Gasteiger partial charge is 0.168 e. The second-order valence-corrected chi connectivity index (χ2v) is 7.69. The summed E-state index contributed by atoms with van der Waals surface area (Å²) in [6, 6.07) is 0. The Morgan fingerprint density at radius 2 is 2.09 bits per heavy atom. The molecule has 0 bridgehead atoms. The largest absolute Gasteiger partial charge is 0.511 e. The van der Waals surface area contributed by atoms with Crippen molar-refractivity contribution in [2.24, 2.45) is 11.1 Å². The molecular weight excluding hydrogens is 310 g/mol. The molecule has 23 heavy (non-hydrogen) atoms. The third-order valence-corrected chi connectivity index (χ3v) is 5.28. The van der Waals surface area contributed by atoms with Crippen LogP contribution in [0.25, 0.3) is 0 Å². The molecule has 0 radical (unpaired) electrons. The summed E-state index contributed by atoms with van der Waals surface area (Å²) < 4.78 is 0. The highest BCUT2D eigenvalue weighted by Crippen LogP contribution is 2.33. The predicted octanol–water partition coefficient (Wildman–Crippen LogP) is 4.89. The third kappa shape index (κ3) is 6.58. The molecule has 1 aliphatic carbocycles. The summed E-state index contributed by atoms with van der Waals surface area (Å²) in [6.45, 7) is 8.74. The number of Topliss-reactive ketones (excluding diaryl/α,β-unsaturated/α-hetero) is 1. The fourth-order valence-electron chi connectivity index (χ4n) is 2.92. The number of rotatable bonds is 10. The van der Waals surface area contributed by atoms with Crippen molar-refractivity contribution in [3.8, 4) is 0 Å². The molecule has 132 valence electrons. The second kappa shape index (κ2) is 10.7. The minimum Gasteiger partial charge on any atom is -0.511 e. The van der Waals surface area contributed by atoms with Gasteiger partial charge in [0.05, 0.1) is 11.3 Å². The number of ketones is 1. The Balaban J connectivity index is 2.79. The van der Waals surface area contributed by atoms with Crippen molar-refractivity contribution in [1.82, 2.24) is 0 Å². The van der Waals surface area contributed by atoms with E-state index in [1.807, 2.05) is 25.6 Å². The Morgan fingerprint density at radius 1 is 1.35 bits per heavy atom. The number of carbonyl (C=O) groups excluding carboxylic acids is 1. The molecular formula is C18H31NO3S. The van der Waals surface area contributed by atoms with Gasteiger partial charge in [-0.1, -0.05) is 32.3 Å². The average molecular weight is 342 g/mol. The quantitative estimate of drug-likeness (QED) is 0.454. The minimum absolute atomic E-state index is 0.0124. The lowest BCUT2D eigenvalue weighted by Crippen LogP contribution is -2.26. The van der Waals surface area contributed by atoms with Crippen LogP contribution in [0.5, 0.6) is 0 Å². The molecule has 0 amide bonds. The van der Waals surface area contributed by atoms with Gasteiger partial charge in [-0.15, -0.1) is 0 Å². The molecule has 0 fully saturated rings. The lowest BCUT2D eigenvalue weighted by atomic mass is 9.82. The standard InChI is InChI=1S/C18H31NO3S/c1-5-8-15(19-22-7-3)18-16(20)11-14(12-17(18)21)10-13(4)23-9-6-2/h13-14,20H,5-12H2,1-4H3/b19-15+. The molecule has 5 heteroatoms. The van der Waals surface area contributed by atoms with Crippen LogP contribution in [0.3, 0.4) is 0 Å². The van der Waals surface area contributed by atoms with Crippen LogP contribution in [0, 0.1) is 5.92 Å². The zero-order valence-electron chi connectivity index (χ0n) is 14.9. The molecule has 0 saturated carbocycles. The Morgan fingerprint density at radius 3 is 2.65 bits per heavy atom. The van der Waals surface area contributed by atoms with Crippen LogP contribution in [-0.4, -0.2) is 34.2 Å². The van der Waals surface area contributed by atoms with E-state index in [4.69, 9.17) is 4.84 Å². The molecule has 2 unspecified atom stereocenters. The Labute approximate surface area is 144 Å². The molecule has 0 aromatic rings. The van der Waals surface area contributed by atoms with Gasteiger partial charge in [0, 0.05) is 18.1 Å². The van der Waals surface area contributed by atoms with E-state index in [1.54, 1.807) is 0 Å². The Hall–Kier alpha value is -0.970. The van der Waals surface area contributed by atoms with Crippen LogP contribution < -0.4 is 0 Å². The zero-order valence-corrected chi connectivity index (χ0v) is 15.7. The van der Waals surface area contributed by atoms with Gasteiger partial charge >= 0.3 is 0 Å². The van der Waals surface area contributed by atoms with Crippen LogP contribution in [0.4, 0.5) is 0 Å². The number of oxime groups is 1. The number of hydrogen-bond donors (Lipinski definition) is 1. The van der Waals surface area contributed by atoms with Crippen molar-refractivity contribution in [2.75, 3.05) is 12.4 Å². The number of allylic oxidation sites excluding steroid dienone is 2. The highest BCUT2D eigenvalue weighted by Gasteiger charge is 2.31. The maximum Gasteiger partial charge on any atom is 0.168 e. The zero-order chi connectivity index (χ0) is 17.2. The summed E-state index contributed by atoms with van der Waals surface area (Å²) in [5.74, 6) is 1.60. The summed E-state index contributed by atoms with van der Waals surface area (Å²) >= 11 is 1.95. The van der Waals surface area contributed by atoms with Crippen molar-refractivity contribution < 1.29 is 14.7 Å². The van der Waals surface area contributed by atoms with Gasteiger partial charge in [0.1, 0.15) is 12.4 Å². The Bertz CT molecular complexity index is 446. The molecule has 0 heterocycles. The molecule has 0 spiro atoms. The van der Waals surface area contributed by atoms with Gasteiger partial charge in [-0.2, -0.15) is 11.8 Å². The van der Waals surface area contributed by atoms with E-state index in [0.29, 0.717) is 42.4 Å². The summed E-state index contributed by atoms with van der Waals surface area (Å²) in [4.78, 5) is 17.6. The van der Waals surface area contributed by atoms with Crippen LogP contribution in [0.15, 0.2) is 16.5 Å². The second-order valence-electron chi connectivity index (χ2n) is 6.14. The van der Waals surface area contributed by atoms with E-state index in [2.05, 4.69) is 19.0 Å². The average Bonchev–Trinajstić information content (AvgIpc) is 2.49. The molecule has 4 nitrogen and oxygen atoms in total. The van der Waals surface area contributed by atoms with Gasteiger partial charge in [-0.25, -0.2) is 0 Å². The fraction of sp³-hybridized carbons (Fsp3) is 0.778. The maximum atomic E-state index is 12.5. The number of aliphatic hydroxyl groups excluding tert-OH is 1. The van der Waals surface area contributed by atoms with E-state index in [1.165, 1.54) is 6.42 Å². The van der Waals surface area contributed by atoms with Gasteiger partial charge in [0.2, 0.25) is 0 Å². The van der Waals surface area contributed by atoms with E-state index >= 15 is 0 Å². The first-order valence-corrected chi connectivity index (χ1v) is 9.84. The van der Waals surface area contributed by atoms with Gasteiger partial charge < -0.3 is 9.94 Å². The monoisotopic (exact) mass is 341 g/mol. The molecule has 0 saturated heterocycles. The fourth-order valence-corrected chi connectivity index (χ4v) is 3.97. The van der Waals surface area contributed by atoms with Crippen LogP contribution in [0.1, 0.15) is 66.2 Å². The van der Waals surface area contributed by atoms with Crippen molar-refractivity contribution in [3.05, 3.63) is 11.3 Å². The van der Waals surface area contributed by atoms with Gasteiger partial charge in [0.25, 0.3) is 0 Å². The summed E-state index contributed by atoms with van der Waals surface area (Å²) in [5, 5.41) is 15.0. The predicted molar refractivity (Wildman–Crippen MR) is 98.2 cm³/mol. The molecule has 1 rings (SSSR count). The molecule has 1 N–H and O–H groups in total. The first-order valence-electron chi connectivity index (χ1n) is 8.79.